The second-order valence-electron chi connectivity index (χ2n) is 10.3. The van der Waals surface area contributed by atoms with Gasteiger partial charge in [-0.25, -0.2) is 0 Å². The molecule has 5 heteroatoms. The Balaban J connectivity index is 0.00000168. The molecule has 0 bridgehead atoms. The van der Waals surface area contributed by atoms with Crippen molar-refractivity contribution in [2.75, 3.05) is 0 Å². The first-order valence-electron chi connectivity index (χ1n) is 13.3. The topological polar surface area (TPSA) is 26.3 Å². The molecule has 2 nitrogen and oxygen atoms in total. The molecule has 0 radical (unpaired) electrons. The molecular weight excluding hydrogens is 547 g/mol. The van der Waals surface area contributed by atoms with Crippen molar-refractivity contribution in [3.63, 3.8) is 0 Å². The zero-order chi connectivity index (χ0) is 24.4. The van der Waals surface area contributed by atoms with Crippen molar-refractivity contribution in [1.29, 1.82) is 0 Å². The molecular formula is C33H32Cl2O2Ti. The number of fused-ring (bicyclic) bond motifs is 1. The number of rotatable bonds is 6. The van der Waals surface area contributed by atoms with Gasteiger partial charge in [-0.3, -0.25) is 0 Å². The number of allylic oxidation sites excluding steroid dienone is 4. The molecule has 0 amide bonds. The van der Waals surface area contributed by atoms with Crippen molar-refractivity contribution in [3.05, 3.63) is 130 Å². The summed E-state index contributed by atoms with van der Waals surface area (Å²) in [6, 6.07) is 30.5. The largest absolute Gasteiger partial charge is 1.00 e. The van der Waals surface area contributed by atoms with E-state index >= 15 is 0 Å². The normalized spacial score (nSPS) is 18.4. The van der Waals surface area contributed by atoms with Crippen molar-refractivity contribution >= 4 is 5.97 Å². The predicted molar refractivity (Wildman–Crippen MR) is 140 cm³/mol. The molecule has 0 aliphatic heterocycles. The van der Waals surface area contributed by atoms with Crippen LogP contribution in [0, 0.1) is 0 Å². The van der Waals surface area contributed by atoms with Crippen LogP contribution < -0.4 is 24.8 Å². The van der Waals surface area contributed by atoms with Crippen LogP contribution >= 0.6 is 0 Å². The van der Waals surface area contributed by atoms with Gasteiger partial charge in [0.05, 0.1) is 0 Å². The molecule has 6 rings (SSSR count). The molecule has 1 unspecified atom stereocenters. The summed E-state index contributed by atoms with van der Waals surface area (Å²) in [6.45, 7) is 0. The molecule has 0 N–H and O–H groups in total. The molecule has 0 saturated heterocycles. The maximum absolute atomic E-state index is 14.4. The second kappa shape index (κ2) is 12.8. The van der Waals surface area contributed by atoms with Crippen molar-refractivity contribution in [3.8, 4) is 0 Å². The third kappa shape index (κ3) is 5.21. The fourth-order valence-corrected chi connectivity index (χ4v) is 8.39. The molecule has 3 aromatic carbocycles. The molecule has 0 spiro atoms. The predicted octanol–water partition coefficient (Wildman–Crippen LogP) is 2.11. The van der Waals surface area contributed by atoms with Crippen molar-refractivity contribution in [2.45, 2.75) is 61.0 Å². The fraction of sp³-hybridized carbons (Fsp3) is 0.303. The average molecular weight is 579 g/mol. The van der Waals surface area contributed by atoms with Crippen LogP contribution in [0.1, 0.15) is 68.1 Å². The molecule has 3 aromatic rings. The quantitative estimate of drug-likeness (QED) is 0.331. The van der Waals surface area contributed by atoms with E-state index in [0.717, 1.165) is 23.1 Å². The van der Waals surface area contributed by atoms with Gasteiger partial charge in [0.15, 0.2) is 0 Å². The van der Waals surface area contributed by atoms with E-state index in [-0.39, 0.29) is 30.8 Å². The van der Waals surface area contributed by atoms with E-state index < -0.39 is 25.0 Å². The van der Waals surface area contributed by atoms with Crippen LogP contribution in [-0.2, 0) is 33.1 Å². The van der Waals surface area contributed by atoms with Gasteiger partial charge >= 0.3 is 225 Å². The second-order valence-corrected chi connectivity index (χ2v) is 12.0. The van der Waals surface area contributed by atoms with Gasteiger partial charge in [-0.2, -0.15) is 0 Å². The van der Waals surface area contributed by atoms with E-state index in [2.05, 4.69) is 36.4 Å². The van der Waals surface area contributed by atoms with Crippen LogP contribution in [0.25, 0.3) is 0 Å². The van der Waals surface area contributed by atoms with Crippen molar-refractivity contribution in [1.82, 2.24) is 0 Å². The zero-order valence-corrected chi connectivity index (χ0v) is 24.5. The Morgan fingerprint density at radius 3 is 1.74 bits per heavy atom. The van der Waals surface area contributed by atoms with Gasteiger partial charge in [-0.1, -0.05) is 0 Å². The molecule has 0 aromatic heterocycles. The Labute approximate surface area is 248 Å². The molecule has 0 fully saturated rings. The maximum Gasteiger partial charge on any atom is -1.00 e. The summed E-state index contributed by atoms with van der Waals surface area (Å²) in [5.41, 5.74) is 8.56. The summed E-state index contributed by atoms with van der Waals surface area (Å²) in [5.74, 6) is -0.130. The Morgan fingerprint density at radius 2 is 1.18 bits per heavy atom. The van der Waals surface area contributed by atoms with Gasteiger partial charge in [0.2, 0.25) is 0 Å². The maximum atomic E-state index is 14.4. The van der Waals surface area contributed by atoms with E-state index in [1.165, 1.54) is 44.9 Å². The number of halogens is 2. The Morgan fingerprint density at radius 1 is 0.684 bits per heavy atom. The molecule has 3 aliphatic carbocycles. The molecule has 0 heterocycles. The minimum absolute atomic E-state index is 0. The summed E-state index contributed by atoms with van der Waals surface area (Å²) in [5, 5.41) is 0. The number of carbonyl (C=O) groups excluding carboxylic acids is 1. The molecule has 38 heavy (non-hydrogen) atoms. The van der Waals surface area contributed by atoms with E-state index in [0.29, 0.717) is 4.22 Å². The summed E-state index contributed by atoms with van der Waals surface area (Å²) >= 11 is -0.944. The van der Waals surface area contributed by atoms with Crippen LogP contribution in [0.2, 0.25) is 4.22 Å². The third-order valence-electron chi connectivity index (χ3n) is 8.30. The zero-order valence-electron chi connectivity index (χ0n) is 21.5. The average Bonchev–Trinajstić information content (AvgIpc) is 3.34. The molecule has 3 aliphatic rings. The number of carbonyl (C=O) groups is 1. The molecule has 194 valence electrons. The monoisotopic (exact) mass is 578 g/mol. The van der Waals surface area contributed by atoms with E-state index in [1.807, 2.05) is 54.6 Å². The SMILES string of the molecule is O=C([O][Ti+2][CH]1CCCC2=C1CC1=C2CCCC1)C(c1ccccc1)(c1ccccc1)c1ccccc1.[Cl-].[Cl-]. The fourth-order valence-electron chi connectivity index (χ4n) is 6.61. The number of hydrogen-bond acceptors (Lipinski definition) is 2. The smallest absolute Gasteiger partial charge is 1.00 e. The molecule has 1 atom stereocenters. The Hall–Kier alpha value is -2.10. The van der Waals surface area contributed by atoms with E-state index in [4.69, 9.17) is 3.32 Å². The van der Waals surface area contributed by atoms with Crippen LogP contribution in [0.3, 0.4) is 0 Å². The van der Waals surface area contributed by atoms with Gasteiger partial charge in [-0.05, 0) is 0 Å². The van der Waals surface area contributed by atoms with E-state index in [9.17, 15) is 4.79 Å². The van der Waals surface area contributed by atoms with Gasteiger partial charge in [0.1, 0.15) is 0 Å². The summed E-state index contributed by atoms with van der Waals surface area (Å²) in [4.78, 5) is 14.4. The first-order chi connectivity index (χ1) is 17.8. The van der Waals surface area contributed by atoms with Crippen LogP contribution in [0.15, 0.2) is 113 Å². The first-order valence-corrected chi connectivity index (χ1v) is 14.9. The number of benzene rings is 3. The van der Waals surface area contributed by atoms with Gasteiger partial charge < -0.3 is 24.8 Å². The standard InChI is InChI=1S/C20H16O2.C13H17.2ClH.Ti/c21-19(22)20(16-10-4-1-5-11-16,17-12-6-2-7-13-17)18-14-8-3-9-15-18;1-3-7-12-10(5-1)9-11-6-2-4-8-13(11)12;;;/h1-15H,(H,21,22);5H,1-4,6-9H2;2*1H;/q;;;;+3/p-3. The summed E-state index contributed by atoms with van der Waals surface area (Å²) in [7, 11) is 0. The molecule has 0 saturated carbocycles. The van der Waals surface area contributed by atoms with E-state index in [1.54, 1.807) is 22.3 Å². The van der Waals surface area contributed by atoms with Crippen LogP contribution in [0.4, 0.5) is 0 Å². The van der Waals surface area contributed by atoms with Crippen LogP contribution in [0.5, 0.6) is 0 Å². The Bertz CT molecular complexity index is 1210. The van der Waals surface area contributed by atoms with Gasteiger partial charge in [0.25, 0.3) is 0 Å². The minimum Gasteiger partial charge on any atom is -1.00 e. The Kier molecular flexibility index (Phi) is 9.76. The summed E-state index contributed by atoms with van der Waals surface area (Å²) in [6.07, 6.45) is 9.98. The minimum atomic E-state index is -0.980. The number of hydrogen-bond donors (Lipinski definition) is 0. The first kappa shape index (κ1) is 28.9. The van der Waals surface area contributed by atoms with Crippen LogP contribution in [-0.4, -0.2) is 5.97 Å². The van der Waals surface area contributed by atoms with Crippen molar-refractivity contribution in [2.24, 2.45) is 0 Å². The summed E-state index contributed by atoms with van der Waals surface area (Å²) < 4.78 is 6.97. The van der Waals surface area contributed by atoms with Gasteiger partial charge in [-0.15, -0.1) is 0 Å². The van der Waals surface area contributed by atoms with Crippen molar-refractivity contribution < 1.29 is 52.5 Å². The van der Waals surface area contributed by atoms with Gasteiger partial charge in [0, 0.05) is 0 Å². The third-order valence-corrected chi connectivity index (χ3v) is 10.2.